The van der Waals surface area contributed by atoms with Crippen molar-refractivity contribution in [2.24, 2.45) is 0 Å². The monoisotopic (exact) mass is 249 g/mol. The molecule has 1 aliphatic heterocycles. The largest absolute Gasteiger partial charge is 0.491 e. The SMILES string of the molecule is CC(C)Oc1ccc(C2CNCC(C)(C)O2)cc1. The third-order valence-electron chi connectivity index (χ3n) is 2.97. The predicted octanol–water partition coefficient (Wildman–Crippen LogP) is 2.91. The molecule has 1 N–H and O–H groups in total. The zero-order valence-corrected chi connectivity index (χ0v) is 11.7. The number of ether oxygens (including phenoxy) is 2. The second kappa shape index (κ2) is 5.29. The Balaban J connectivity index is 2.05. The molecule has 1 atom stereocenters. The number of rotatable bonds is 3. The lowest BCUT2D eigenvalue weighted by molar-refractivity contribution is -0.0958. The summed E-state index contributed by atoms with van der Waals surface area (Å²) in [7, 11) is 0. The highest BCUT2D eigenvalue weighted by Gasteiger charge is 2.29. The molecule has 2 rings (SSSR count). The lowest BCUT2D eigenvalue weighted by atomic mass is 10.0. The number of benzene rings is 1. The van der Waals surface area contributed by atoms with Gasteiger partial charge in [-0.2, -0.15) is 0 Å². The Labute approximate surface area is 109 Å². The van der Waals surface area contributed by atoms with Crippen molar-refractivity contribution >= 4 is 0 Å². The van der Waals surface area contributed by atoms with E-state index in [2.05, 4.69) is 31.3 Å². The predicted molar refractivity (Wildman–Crippen MR) is 73.0 cm³/mol. The van der Waals surface area contributed by atoms with Crippen LogP contribution < -0.4 is 10.1 Å². The van der Waals surface area contributed by atoms with Gasteiger partial charge in [0.05, 0.1) is 17.8 Å². The minimum atomic E-state index is -0.101. The molecule has 100 valence electrons. The van der Waals surface area contributed by atoms with Crippen LogP contribution in [0.4, 0.5) is 0 Å². The van der Waals surface area contributed by atoms with E-state index in [0.29, 0.717) is 0 Å². The van der Waals surface area contributed by atoms with E-state index in [-0.39, 0.29) is 17.8 Å². The molecule has 0 radical (unpaired) electrons. The van der Waals surface area contributed by atoms with Gasteiger partial charge in [0.15, 0.2) is 0 Å². The minimum Gasteiger partial charge on any atom is -0.491 e. The van der Waals surface area contributed by atoms with Gasteiger partial charge in [0.1, 0.15) is 5.75 Å². The van der Waals surface area contributed by atoms with Crippen LogP contribution in [0.3, 0.4) is 0 Å². The zero-order valence-electron chi connectivity index (χ0n) is 11.7. The Morgan fingerprint density at radius 1 is 1.28 bits per heavy atom. The van der Waals surface area contributed by atoms with Crippen molar-refractivity contribution in [2.75, 3.05) is 13.1 Å². The molecule has 1 saturated heterocycles. The molecule has 3 nitrogen and oxygen atoms in total. The highest BCUT2D eigenvalue weighted by molar-refractivity contribution is 5.29. The van der Waals surface area contributed by atoms with Crippen LogP contribution in [0.5, 0.6) is 5.75 Å². The van der Waals surface area contributed by atoms with Crippen LogP contribution in [0.25, 0.3) is 0 Å². The van der Waals surface area contributed by atoms with Crippen molar-refractivity contribution in [3.05, 3.63) is 29.8 Å². The fourth-order valence-corrected chi connectivity index (χ4v) is 2.19. The topological polar surface area (TPSA) is 30.5 Å². The maximum Gasteiger partial charge on any atom is 0.119 e. The Hall–Kier alpha value is -1.06. The van der Waals surface area contributed by atoms with Gasteiger partial charge in [-0.05, 0) is 45.4 Å². The van der Waals surface area contributed by atoms with E-state index < -0.39 is 0 Å². The fraction of sp³-hybridized carbons (Fsp3) is 0.600. The molecule has 0 aliphatic carbocycles. The van der Waals surface area contributed by atoms with Crippen LogP contribution in [0.2, 0.25) is 0 Å². The van der Waals surface area contributed by atoms with Crippen LogP contribution in [0, 0.1) is 0 Å². The van der Waals surface area contributed by atoms with E-state index in [1.807, 2.05) is 26.0 Å². The van der Waals surface area contributed by atoms with Crippen LogP contribution in [0.15, 0.2) is 24.3 Å². The van der Waals surface area contributed by atoms with Gasteiger partial charge in [-0.1, -0.05) is 12.1 Å². The highest BCUT2D eigenvalue weighted by atomic mass is 16.5. The molecule has 1 aromatic carbocycles. The van der Waals surface area contributed by atoms with Gasteiger partial charge in [0, 0.05) is 13.1 Å². The van der Waals surface area contributed by atoms with Gasteiger partial charge in [-0.3, -0.25) is 0 Å². The molecule has 1 aliphatic rings. The van der Waals surface area contributed by atoms with Crippen molar-refractivity contribution < 1.29 is 9.47 Å². The number of hydrogen-bond acceptors (Lipinski definition) is 3. The second-order valence-corrected chi connectivity index (χ2v) is 5.73. The maximum atomic E-state index is 6.08. The summed E-state index contributed by atoms with van der Waals surface area (Å²) in [5.74, 6) is 0.914. The van der Waals surface area contributed by atoms with Crippen LogP contribution in [-0.2, 0) is 4.74 Å². The fourth-order valence-electron chi connectivity index (χ4n) is 2.19. The Bertz CT molecular complexity index is 384. The molecular weight excluding hydrogens is 226 g/mol. The van der Waals surface area contributed by atoms with Crippen molar-refractivity contribution in [1.82, 2.24) is 5.32 Å². The van der Waals surface area contributed by atoms with Crippen molar-refractivity contribution in [2.45, 2.75) is 45.5 Å². The molecule has 0 spiro atoms. The zero-order chi connectivity index (χ0) is 13.2. The van der Waals surface area contributed by atoms with Gasteiger partial charge in [-0.25, -0.2) is 0 Å². The second-order valence-electron chi connectivity index (χ2n) is 5.73. The molecule has 0 amide bonds. The molecule has 1 fully saturated rings. The average molecular weight is 249 g/mol. The number of nitrogens with one attached hydrogen (secondary N) is 1. The van der Waals surface area contributed by atoms with E-state index in [1.165, 1.54) is 5.56 Å². The first-order valence-electron chi connectivity index (χ1n) is 6.61. The molecular formula is C15H23NO2. The van der Waals surface area contributed by atoms with Gasteiger partial charge in [-0.15, -0.1) is 0 Å². The third-order valence-corrected chi connectivity index (χ3v) is 2.97. The summed E-state index contributed by atoms with van der Waals surface area (Å²) in [5, 5.41) is 3.41. The summed E-state index contributed by atoms with van der Waals surface area (Å²) in [6.45, 7) is 10.1. The first-order chi connectivity index (χ1) is 8.46. The summed E-state index contributed by atoms with van der Waals surface area (Å²) >= 11 is 0. The van der Waals surface area contributed by atoms with Gasteiger partial charge in [0.2, 0.25) is 0 Å². The molecule has 18 heavy (non-hydrogen) atoms. The molecule has 1 unspecified atom stereocenters. The van der Waals surface area contributed by atoms with E-state index in [1.54, 1.807) is 0 Å². The van der Waals surface area contributed by atoms with Crippen molar-refractivity contribution in [3.8, 4) is 5.75 Å². The van der Waals surface area contributed by atoms with E-state index in [4.69, 9.17) is 9.47 Å². The van der Waals surface area contributed by atoms with Gasteiger partial charge >= 0.3 is 0 Å². The summed E-state index contributed by atoms with van der Waals surface area (Å²) < 4.78 is 11.7. The summed E-state index contributed by atoms with van der Waals surface area (Å²) in [6, 6.07) is 8.21. The van der Waals surface area contributed by atoms with E-state index >= 15 is 0 Å². The molecule has 1 heterocycles. The minimum absolute atomic E-state index is 0.101. The lowest BCUT2D eigenvalue weighted by Gasteiger charge is -2.36. The summed E-state index contributed by atoms with van der Waals surface area (Å²) in [5.41, 5.74) is 1.10. The van der Waals surface area contributed by atoms with Crippen LogP contribution >= 0.6 is 0 Å². The van der Waals surface area contributed by atoms with Crippen LogP contribution in [-0.4, -0.2) is 24.8 Å². The number of morpholine rings is 1. The Morgan fingerprint density at radius 3 is 2.50 bits per heavy atom. The quantitative estimate of drug-likeness (QED) is 0.893. The highest BCUT2D eigenvalue weighted by Crippen LogP contribution is 2.28. The van der Waals surface area contributed by atoms with E-state index in [9.17, 15) is 0 Å². The normalized spacial score (nSPS) is 23.1. The summed E-state index contributed by atoms with van der Waals surface area (Å²) in [4.78, 5) is 0. The van der Waals surface area contributed by atoms with E-state index in [0.717, 1.165) is 18.8 Å². The van der Waals surface area contributed by atoms with Crippen molar-refractivity contribution in [3.63, 3.8) is 0 Å². The van der Waals surface area contributed by atoms with Gasteiger partial charge < -0.3 is 14.8 Å². The maximum absolute atomic E-state index is 6.08. The smallest absolute Gasteiger partial charge is 0.119 e. The molecule has 0 saturated carbocycles. The first-order valence-corrected chi connectivity index (χ1v) is 6.61. The average Bonchev–Trinajstić information content (AvgIpc) is 2.28. The molecule has 0 bridgehead atoms. The van der Waals surface area contributed by atoms with Gasteiger partial charge in [0.25, 0.3) is 0 Å². The van der Waals surface area contributed by atoms with Crippen molar-refractivity contribution in [1.29, 1.82) is 0 Å². The molecule has 3 heteroatoms. The lowest BCUT2D eigenvalue weighted by Crippen LogP contribution is -2.46. The first kappa shape index (κ1) is 13.4. The standard InChI is InChI=1S/C15H23NO2/c1-11(2)17-13-7-5-12(6-8-13)14-9-16-10-15(3,4)18-14/h5-8,11,14,16H,9-10H2,1-4H3. The Kier molecular flexibility index (Phi) is 3.93. The summed E-state index contributed by atoms with van der Waals surface area (Å²) in [6.07, 6.45) is 0.337. The third kappa shape index (κ3) is 3.47. The molecule has 1 aromatic rings. The van der Waals surface area contributed by atoms with Crippen LogP contribution in [0.1, 0.15) is 39.4 Å². The molecule has 0 aromatic heterocycles. The Morgan fingerprint density at radius 2 is 1.94 bits per heavy atom. The number of hydrogen-bond donors (Lipinski definition) is 1.